The summed E-state index contributed by atoms with van der Waals surface area (Å²) in [4.78, 5) is 10.4. The zero-order valence-electron chi connectivity index (χ0n) is 9.51. The predicted molar refractivity (Wildman–Crippen MR) is 67.1 cm³/mol. The zero-order valence-corrected chi connectivity index (χ0v) is 10.3. The van der Waals surface area contributed by atoms with E-state index in [1.165, 1.54) is 12.2 Å². The first-order chi connectivity index (χ1) is 7.70. The number of hydrogen-bond donors (Lipinski definition) is 1. The van der Waals surface area contributed by atoms with Crippen LogP contribution in [0.25, 0.3) is 0 Å². The molecule has 1 saturated heterocycles. The molecule has 6 heteroatoms. The van der Waals surface area contributed by atoms with E-state index in [4.69, 9.17) is 10.5 Å². The van der Waals surface area contributed by atoms with Crippen molar-refractivity contribution in [3.8, 4) is 5.88 Å². The molecule has 0 aliphatic carbocycles. The normalized spacial score (nSPS) is 19.8. The van der Waals surface area contributed by atoms with E-state index < -0.39 is 0 Å². The fourth-order valence-corrected chi connectivity index (χ4v) is 3.00. The topological polar surface area (TPSA) is 64.3 Å². The van der Waals surface area contributed by atoms with E-state index in [0.29, 0.717) is 11.9 Å². The SMILES string of the molecule is COc1cc(N(C)C2CCSC2)nc(N)n1. The van der Waals surface area contributed by atoms with Crippen molar-refractivity contribution in [3.63, 3.8) is 0 Å². The lowest BCUT2D eigenvalue weighted by molar-refractivity contribution is 0.397. The summed E-state index contributed by atoms with van der Waals surface area (Å²) in [6.45, 7) is 0. The van der Waals surface area contributed by atoms with E-state index in [1.807, 2.05) is 24.9 Å². The fourth-order valence-electron chi connectivity index (χ4n) is 1.73. The molecule has 0 radical (unpaired) electrons. The molecule has 0 aromatic carbocycles. The van der Waals surface area contributed by atoms with Crippen molar-refractivity contribution in [1.29, 1.82) is 0 Å². The Hall–Kier alpha value is -1.17. The molecule has 1 atom stereocenters. The van der Waals surface area contributed by atoms with Crippen molar-refractivity contribution in [1.82, 2.24) is 9.97 Å². The third-order valence-electron chi connectivity index (χ3n) is 2.73. The van der Waals surface area contributed by atoms with Gasteiger partial charge in [0.1, 0.15) is 5.82 Å². The van der Waals surface area contributed by atoms with Crippen molar-refractivity contribution in [2.45, 2.75) is 12.5 Å². The molecule has 1 aliphatic heterocycles. The quantitative estimate of drug-likeness (QED) is 0.850. The van der Waals surface area contributed by atoms with E-state index in [0.717, 1.165) is 11.6 Å². The second kappa shape index (κ2) is 4.78. The molecule has 88 valence electrons. The highest BCUT2D eigenvalue weighted by atomic mass is 32.2. The maximum Gasteiger partial charge on any atom is 0.225 e. The van der Waals surface area contributed by atoms with Crippen molar-refractivity contribution in [2.75, 3.05) is 36.3 Å². The molecule has 1 fully saturated rings. The van der Waals surface area contributed by atoms with Crippen molar-refractivity contribution < 1.29 is 4.74 Å². The average Bonchev–Trinajstić information content (AvgIpc) is 2.80. The Morgan fingerprint density at radius 3 is 3.00 bits per heavy atom. The van der Waals surface area contributed by atoms with E-state index in [1.54, 1.807) is 7.11 Å². The van der Waals surface area contributed by atoms with E-state index >= 15 is 0 Å². The summed E-state index contributed by atoms with van der Waals surface area (Å²) < 4.78 is 5.09. The van der Waals surface area contributed by atoms with E-state index in [-0.39, 0.29) is 5.95 Å². The van der Waals surface area contributed by atoms with Gasteiger partial charge >= 0.3 is 0 Å². The lowest BCUT2D eigenvalue weighted by atomic mass is 10.2. The van der Waals surface area contributed by atoms with Crippen LogP contribution >= 0.6 is 11.8 Å². The van der Waals surface area contributed by atoms with Crippen LogP contribution in [-0.4, -0.2) is 41.7 Å². The van der Waals surface area contributed by atoms with Gasteiger partial charge in [0.25, 0.3) is 0 Å². The Labute approximate surface area is 99.4 Å². The fraction of sp³-hybridized carbons (Fsp3) is 0.600. The van der Waals surface area contributed by atoms with Gasteiger partial charge in [-0.1, -0.05) is 0 Å². The molecule has 1 aromatic rings. The first-order valence-electron chi connectivity index (χ1n) is 5.20. The summed E-state index contributed by atoms with van der Waals surface area (Å²) in [5, 5.41) is 0. The maximum absolute atomic E-state index is 5.64. The number of anilines is 2. The predicted octanol–water partition coefficient (Wildman–Crippen LogP) is 1.01. The monoisotopic (exact) mass is 240 g/mol. The number of nitrogen functional groups attached to an aromatic ring is 1. The van der Waals surface area contributed by atoms with Gasteiger partial charge in [0.05, 0.1) is 7.11 Å². The molecule has 16 heavy (non-hydrogen) atoms. The molecule has 0 amide bonds. The number of aromatic nitrogens is 2. The number of thioether (sulfide) groups is 1. The molecular formula is C10H16N4OS. The number of hydrogen-bond acceptors (Lipinski definition) is 6. The van der Waals surface area contributed by atoms with Crippen LogP contribution in [0.5, 0.6) is 5.88 Å². The summed E-state index contributed by atoms with van der Waals surface area (Å²) in [6.07, 6.45) is 1.19. The van der Waals surface area contributed by atoms with Gasteiger partial charge in [0.2, 0.25) is 11.8 Å². The van der Waals surface area contributed by atoms with Crippen LogP contribution in [0.1, 0.15) is 6.42 Å². The molecule has 2 N–H and O–H groups in total. The number of nitrogens with zero attached hydrogens (tertiary/aromatic N) is 3. The maximum atomic E-state index is 5.64. The standard InChI is InChI=1S/C10H16N4OS/c1-14(7-3-4-16-6-7)8-5-9(15-2)13-10(11)12-8/h5,7H,3-4,6H2,1-2H3,(H2,11,12,13). The molecule has 1 aliphatic rings. The first-order valence-corrected chi connectivity index (χ1v) is 6.35. The summed E-state index contributed by atoms with van der Waals surface area (Å²) in [7, 11) is 3.62. The molecule has 1 aromatic heterocycles. The molecule has 2 rings (SSSR count). The molecule has 1 unspecified atom stereocenters. The summed E-state index contributed by atoms with van der Waals surface area (Å²) in [6, 6.07) is 2.35. The third kappa shape index (κ3) is 2.32. The van der Waals surface area contributed by atoms with Gasteiger partial charge in [0, 0.05) is 24.9 Å². The smallest absolute Gasteiger partial charge is 0.225 e. The van der Waals surface area contributed by atoms with Crippen LogP contribution in [0, 0.1) is 0 Å². The minimum absolute atomic E-state index is 0.256. The van der Waals surface area contributed by atoms with Gasteiger partial charge in [0.15, 0.2) is 0 Å². The first kappa shape index (κ1) is 11.3. The summed E-state index contributed by atoms with van der Waals surface area (Å²) in [5.74, 6) is 3.96. The molecule has 0 bridgehead atoms. The highest BCUT2D eigenvalue weighted by molar-refractivity contribution is 7.99. The summed E-state index contributed by atoms with van der Waals surface area (Å²) >= 11 is 1.97. The van der Waals surface area contributed by atoms with Crippen LogP contribution in [0.2, 0.25) is 0 Å². The Bertz CT molecular complexity index is 368. The summed E-state index contributed by atoms with van der Waals surface area (Å²) in [5.41, 5.74) is 5.64. The second-order valence-electron chi connectivity index (χ2n) is 3.76. The molecule has 0 spiro atoms. The van der Waals surface area contributed by atoms with Gasteiger partial charge in [-0.3, -0.25) is 0 Å². The van der Waals surface area contributed by atoms with Gasteiger partial charge < -0.3 is 15.4 Å². The second-order valence-corrected chi connectivity index (χ2v) is 4.90. The third-order valence-corrected chi connectivity index (χ3v) is 3.88. The number of ether oxygens (including phenoxy) is 1. The minimum atomic E-state index is 0.256. The van der Waals surface area contributed by atoms with Crippen LogP contribution in [0.4, 0.5) is 11.8 Å². The minimum Gasteiger partial charge on any atom is -0.481 e. The Morgan fingerprint density at radius 2 is 2.38 bits per heavy atom. The number of nitrogens with two attached hydrogens (primary N) is 1. The van der Waals surface area contributed by atoms with Crippen molar-refractivity contribution >= 4 is 23.5 Å². The van der Waals surface area contributed by atoms with Crippen LogP contribution in [-0.2, 0) is 0 Å². The van der Waals surface area contributed by atoms with Gasteiger partial charge in [-0.15, -0.1) is 0 Å². The molecular weight excluding hydrogens is 224 g/mol. The van der Waals surface area contributed by atoms with Crippen molar-refractivity contribution in [2.24, 2.45) is 0 Å². The van der Waals surface area contributed by atoms with E-state index in [2.05, 4.69) is 14.9 Å². The number of methoxy groups -OCH3 is 1. The van der Waals surface area contributed by atoms with Gasteiger partial charge in [-0.2, -0.15) is 21.7 Å². The number of rotatable bonds is 3. The average molecular weight is 240 g/mol. The highest BCUT2D eigenvalue weighted by Gasteiger charge is 2.21. The van der Waals surface area contributed by atoms with Crippen LogP contribution in [0.15, 0.2) is 6.07 Å². The Morgan fingerprint density at radius 1 is 1.56 bits per heavy atom. The molecule has 2 heterocycles. The van der Waals surface area contributed by atoms with Crippen molar-refractivity contribution in [3.05, 3.63) is 6.07 Å². The van der Waals surface area contributed by atoms with Crippen LogP contribution in [0.3, 0.4) is 0 Å². The lowest BCUT2D eigenvalue weighted by Crippen LogP contribution is -2.32. The van der Waals surface area contributed by atoms with E-state index in [9.17, 15) is 0 Å². The molecule has 5 nitrogen and oxygen atoms in total. The highest BCUT2D eigenvalue weighted by Crippen LogP contribution is 2.26. The Kier molecular flexibility index (Phi) is 3.38. The van der Waals surface area contributed by atoms with Crippen LogP contribution < -0.4 is 15.4 Å². The Balaban J connectivity index is 2.21. The zero-order chi connectivity index (χ0) is 11.5. The lowest BCUT2D eigenvalue weighted by Gasteiger charge is -2.24. The molecule has 0 saturated carbocycles. The van der Waals surface area contributed by atoms with Gasteiger partial charge in [-0.25, -0.2) is 0 Å². The largest absolute Gasteiger partial charge is 0.481 e. The van der Waals surface area contributed by atoms with Gasteiger partial charge in [-0.05, 0) is 12.2 Å².